The maximum Gasteiger partial charge on any atom is 0.254 e. The van der Waals surface area contributed by atoms with Gasteiger partial charge in [-0.2, -0.15) is 0 Å². The van der Waals surface area contributed by atoms with E-state index in [0.29, 0.717) is 0 Å². The van der Waals surface area contributed by atoms with Crippen molar-refractivity contribution in [2.45, 2.75) is 46.5 Å². The second-order valence-corrected chi connectivity index (χ2v) is 3.74. The molecule has 1 heterocycles. The van der Waals surface area contributed by atoms with Crippen LogP contribution in [0.3, 0.4) is 0 Å². The van der Waals surface area contributed by atoms with E-state index in [1.807, 2.05) is 27.7 Å². The Bertz CT molecular complexity index is 366. The summed E-state index contributed by atoms with van der Waals surface area (Å²) in [5, 5.41) is 0. The van der Waals surface area contributed by atoms with Gasteiger partial charge in [0.25, 0.3) is 5.56 Å². The van der Waals surface area contributed by atoms with Crippen molar-refractivity contribution in [1.82, 2.24) is 9.97 Å². The average molecular weight is 194 g/mol. The van der Waals surface area contributed by atoms with Gasteiger partial charge in [0.15, 0.2) is 0 Å². The van der Waals surface area contributed by atoms with E-state index >= 15 is 0 Å². The number of nitrogens with zero attached hydrogens (tertiary/aromatic N) is 1. The normalized spacial score (nSPS) is 10.9. The summed E-state index contributed by atoms with van der Waals surface area (Å²) in [7, 11) is 0. The molecule has 0 saturated heterocycles. The van der Waals surface area contributed by atoms with E-state index in [1.165, 1.54) is 0 Å². The molecule has 0 unspecified atom stereocenters. The van der Waals surface area contributed by atoms with Gasteiger partial charge < -0.3 is 4.98 Å². The molecule has 0 spiro atoms. The van der Waals surface area contributed by atoms with Gasteiger partial charge in [-0.15, -0.1) is 0 Å². The predicted molar refractivity (Wildman–Crippen MR) is 57.7 cm³/mol. The molecular formula is C11H18N2O. The topological polar surface area (TPSA) is 45.8 Å². The molecule has 1 aromatic heterocycles. The molecule has 0 bridgehead atoms. The summed E-state index contributed by atoms with van der Waals surface area (Å²) < 4.78 is 0. The van der Waals surface area contributed by atoms with Crippen molar-refractivity contribution in [3.63, 3.8) is 0 Å². The number of aryl methyl sites for hydroxylation is 1. The fraction of sp³-hybridized carbons (Fsp3) is 0.636. The van der Waals surface area contributed by atoms with Crippen molar-refractivity contribution in [2.24, 2.45) is 0 Å². The third kappa shape index (κ3) is 2.03. The Balaban J connectivity index is 3.32. The van der Waals surface area contributed by atoms with Gasteiger partial charge in [-0.25, -0.2) is 4.98 Å². The first-order valence-corrected chi connectivity index (χ1v) is 5.22. The summed E-state index contributed by atoms with van der Waals surface area (Å²) in [6, 6.07) is 0. The Morgan fingerprint density at radius 3 is 2.36 bits per heavy atom. The summed E-state index contributed by atoms with van der Waals surface area (Å²) in [5.74, 6) is 1.07. The zero-order valence-electron chi connectivity index (χ0n) is 9.35. The zero-order chi connectivity index (χ0) is 10.7. The van der Waals surface area contributed by atoms with E-state index in [1.54, 1.807) is 0 Å². The molecule has 0 aliphatic heterocycles. The number of hydrogen-bond donors (Lipinski definition) is 1. The number of nitrogens with one attached hydrogen (secondary N) is 1. The first-order valence-electron chi connectivity index (χ1n) is 5.22. The highest BCUT2D eigenvalue weighted by atomic mass is 16.1. The maximum atomic E-state index is 11.7. The molecule has 0 amide bonds. The highest BCUT2D eigenvalue weighted by molar-refractivity contribution is 5.18. The van der Waals surface area contributed by atoms with E-state index in [0.717, 1.165) is 29.9 Å². The zero-order valence-corrected chi connectivity index (χ0v) is 9.35. The molecule has 1 aromatic rings. The van der Waals surface area contributed by atoms with Crippen LogP contribution in [0.4, 0.5) is 0 Å². The van der Waals surface area contributed by atoms with Gasteiger partial charge in [0.1, 0.15) is 5.82 Å². The number of H-pyrrole nitrogens is 1. The quantitative estimate of drug-likeness (QED) is 0.800. The largest absolute Gasteiger partial charge is 0.310 e. The van der Waals surface area contributed by atoms with Crippen molar-refractivity contribution in [3.8, 4) is 0 Å². The molecule has 1 N–H and O–H groups in total. The molecule has 0 aliphatic rings. The van der Waals surface area contributed by atoms with Gasteiger partial charge in [-0.05, 0) is 12.8 Å². The first kappa shape index (κ1) is 11.0. The Morgan fingerprint density at radius 1 is 1.29 bits per heavy atom. The van der Waals surface area contributed by atoms with Crippen molar-refractivity contribution >= 4 is 0 Å². The lowest BCUT2D eigenvalue weighted by molar-refractivity contribution is 0.738. The number of aromatic nitrogens is 2. The van der Waals surface area contributed by atoms with Crippen molar-refractivity contribution < 1.29 is 0 Å². The lowest BCUT2D eigenvalue weighted by Crippen LogP contribution is -2.20. The third-order valence-electron chi connectivity index (χ3n) is 2.35. The minimum absolute atomic E-state index is 0.0306. The Kier molecular flexibility index (Phi) is 3.44. The molecule has 0 aliphatic carbocycles. The Morgan fingerprint density at radius 2 is 1.93 bits per heavy atom. The molecule has 3 heteroatoms. The molecule has 14 heavy (non-hydrogen) atoms. The van der Waals surface area contributed by atoms with Crippen LogP contribution in [0.1, 0.15) is 50.7 Å². The van der Waals surface area contributed by atoms with E-state index in [4.69, 9.17) is 0 Å². The molecule has 3 nitrogen and oxygen atoms in total. The van der Waals surface area contributed by atoms with Crippen LogP contribution in [-0.4, -0.2) is 9.97 Å². The predicted octanol–water partition coefficient (Wildman–Crippen LogP) is 2.02. The van der Waals surface area contributed by atoms with Crippen LogP contribution in [0.5, 0.6) is 0 Å². The summed E-state index contributed by atoms with van der Waals surface area (Å²) >= 11 is 0. The van der Waals surface area contributed by atoms with Gasteiger partial charge >= 0.3 is 0 Å². The monoisotopic (exact) mass is 194 g/mol. The molecular weight excluding hydrogens is 176 g/mol. The fourth-order valence-electron chi connectivity index (χ4n) is 1.49. The summed E-state index contributed by atoms with van der Waals surface area (Å²) in [6.45, 7) is 8.08. The number of aromatic amines is 1. The molecule has 1 rings (SSSR count). The van der Waals surface area contributed by atoms with Gasteiger partial charge in [-0.3, -0.25) is 4.79 Å². The lowest BCUT2D eigenvalue weighted by atomic mass is 10.1. The summed E-state index contributed by atoms with van der Waals surface area (Å²) in [5.41, 5.74) is 1.81. The summed E-state index contributed by atoms with van der Waals surface area (Å²) in [6.07, 6.45) is 1.58. The van der Waals surface area contributed by atoms with Crippen molar-refractivity contribution in [2.75, 3.05) is 0 Å². The standard InChI is InChI=1S/C11H18N2O/c1-5-8-9(6-2)12-10(7(3)4)13-11(8)14/h7H,5-6H2,1-4H3,(H,12,13,14). The van der Waals surface area contributed by atoms with E-state index in [9.17, 15) is 4.79 Å². The van der Waals surface area contributed by atoms with Crippen molar-refractivity contribution in [1.29, 1.82) is 0 Å². The van der Waals surface area contributed by atoms with Gasteiger partial charge in [0.2, 0.25) is 0 Å². The van der Waals surface area contributed by atoms with Crippen LogP contribution < -0.4 is 5.56 Å². The minimum atomic E-state index is 0.0306. The van der Waals surface area contributed by atoms with Crippen molar-refractivity contribution in [3.05, 3.63) is 27.4 Å². The molecule has 0 fully saturated rings. The van der Waals surface area contributed by atoms with E-state index < -0.39 is 0 Å². The SMILES string of the molecule is CCc1nc(C(C)C)[nH]c(=O)c1CC. The van der Waals surface area contributed by atoms with Gasteiger partial charge in [-0.1, -0.05) is 27.7 Å². The van der Waals surface area contributed by atoms with Gasteiger partial charge in [0, 0.05) is 11.5 Å². The minimum Gasteiger partial charge on any atom is -0.310 e. The molecule has 0 saturated carbocycles. The number of rotatable bonds is 3. The molecule has 0 radical (unpaired) electrons. The van der Waals surface area contributed by atoms with Crippen LogP contribution in [-0.2, 0) is 12.8 Å². The lowest BCUT2D eigenvalue weighted by Gasteiger charge is -2.09. The highest BCUT2D eigenvalue weighted by Crippen LogP contribution is 2.09. The fourth-order valence-corrected chi connectivity index (χ4v) is 1.49. The van der Waals surface area contributed by atoms with Crippen LogP contribution in [0.15, 0.2) is 4.79 Å². The highest BCUT2D eigenvalue weighted by Gasteiger charge is 2.09. The average Bonchev–Trinajstić information content (AvgIpc) is 2.16. The van der Waals surface area contributed by atoms with E-state index in [-0.39, 0.29) is 11.5 Å². The van der Waals surface area contributed by atoms with E-state index in [2.05, 4.69) is 9.97 Å². The molecule has 78 valence electrons. The molecule has 0 aromatic carbocycles. The molecule has 0 atom stereocenters. The van der Waals surface area contributed by atoms with Crippen LogP contribution in [0.2, 0.25) is 0 Å². The third-order valence-corrected chi connectivity index (χ3v) is 2.35. The van der Waals surface area contributed by atoms with Crippen LogP contribution in [0, 0.1) is 0 Å². The summed E-state index contributed by atoms with van der Waals surface area (Å²) in [4.78, 5) is 19.0. The van der Waals surface area contributed by atoms with Gasteiger partial charge in [0.05, 0.1) is 5.69 Å². The Labute approximate surface area is 84.6 Å². The second kappa shape index (κ2) is 4.40. The first-order chi connectivity index (χ1) is 6.60. The second-order valence-electron chi connectivity index (χ2n) is 3.74. The number of hydrogen-bond acceptors (Lipinski definition) is 2. The maximum absolute atomic E-state index is 11.7. The van der Waals surface area contributed by atoms with Crippen LogP contribution >= 0.6 is 0 Å². The smallest absolute Gasteiger partial charge is 0.254 e. The Hall–Kier alpha value is -1.12. The van der Waals surface area contributed by atoms with Crippen LogP contribution in [0.25, 0.3) is 0 Å².